The molecule has 0 saturated heterocycles. The van der Waals surface area contributed by atoms with Crippen LogP contribution in [-0.4, -0.2) is 38.3 Å². The quantitative estimate of drug-likeness (QED) is 0.674. The van der Waals surface area contributed by atoms with Gasteiger partial charge in [-0.3, -0.25) is 0 Å². The largest absolute Gasteiger partial charge is 0.379 e. The molecule has 4 nitrogen and oxygen atoms in total. The van der Waals surface area contributed by atoms with Crippen molar-refractivity contribution < 1.29 is 4.74 Å². The van der Waals surface area contributed by atoms with Gasteiger partial charge in [0.1, 0.15) is 0 Å². The second kappa shape index (κ2) is 7.96. The van der Waals surface area contributed by atoms with E-state index < -0.39 is 0 Å². The van der Waals surface area contributed by atoms with E-state index in [0.717, 1.165) is 50.3 Å². The zero-order chi connectivity index (χ0) is 14.4. The fourth-order valence-corrected chi connectivity index (χ4v) is 3.12. The molecule has 0 bridgehead atoms. The molecule has 1 aromatic rings. The molecule has 0 aliphatic heterocycles. The van der Waals surface area contributed by atoms with Crippen LogP contribution >= 0.6 is 11.3 Å². The molecule has 0 atom stereocenters. The first-order valence-corrected chi connectivity index (χ1v) is 8.54. The van der Waals surface area contributed by atoms with Gasteiger partial charge in [-0.05, 0) is 31.7 Å². The number of nitrogens with zero attached hydrogens (tertiary/aromatic N) is 2. The molecular formula is C15H27N3OS. The van der Waals surface area contributed by atoms with Gasteiger partial charge in [-0.25, -0.2) is 4.98 Å². The lowest BCUT2D eigenvalue weighted by atomic mass is 10.3. The molecule has 1 aliphatic carbocycles. The van der Waals surface area contributed by atoms with Crippen molar-refractivity contribution in [3.05, 3.63) is 10.6 Å². The van der Waals surface area contributed by atoms with Gasteiger partial charge in [-0.2, -0.15) is 0 Å². The number of aryl methyl sites for hydroxylation is 1. The summed E-state index contributed by atoms with van der Waals surface area (Å²) in [6, 6.07) is 0. The highest BCUT2D eigenvalue weighted by Gasteiger charge is 2.21. The third-order valence-electron chi connectivity index (χ3n) is 3.59. The summed E-state index contributed by atoms with van der Waals surface area (Å²) in [7, 11) is 2.11. The van der Waals surface area contributed by atoms with E-state index in [-0.39, 0.29) is 0 Å². The summed E-state index contributed by atoms with van der Waals surface area (Å²) in [5.74, 6) is 0.846. The van der Waals surface area contributed by atoms with E-state index in [4.69, 9.17) is 9.72 Å². The highest BCUT2D eigenvalue weighted by Crippen LogP contribution is 2.29. The first-order valence-electron chi connectivity index (χ1n) is 7.72. The van der Waals surface area contributed by atoms with Gasteiger partial charge in [0, 0.05) is 31.6 Å². The molecule has 1 aliphatic rings. The molecule has 0 unspecified atom stereocenters. The number of likely N-dealkylation sites (N-methyl/N-ethyl adjacent to an activating group) is 1. The predicted molar refractivity (Wildman–Crippen MR) is 85.7 cm³/mol. The number of hydrogen-bond acceptors (Lipinski definition) is 5. The van der Waals surface area contributed by atoms with Crippen molar-refractivity contribution >= 4 is 16.5 Å². The summed E-state index contributed by atoms with van der Waals surface area (Å²) in [5.41, 5.74) is 1.23. The van der Waals surface area contributed by atoms with Crippen LogP contribution in [0.5, 0.6) is 0 Å². The normalized spacial score (nSPS) is 14.8. The van der Waals surface area contributed by atoms with Gasteiger partial charge in [0.15, 0.2) is 5.13 Å². The lowest BCUT2D eigenvalue weighted by Crippen LogP contribution is -2.22. The predicted octanol–water partition coefficient (Wildman–Crippen LogP) is 2.68. The van der Waals surface area contributed by atoms with Gasteiger partial charge in [0.2, 0.25) is 0 Å². The molecule has 1 fully saturated rings. The van der Waals surface area contributed by atoms with Crippen molar-refractivity contribution in [3.63, 3.8) is 0 Å². The molecule has 1 saturated carbocycles. The molecule has 0 amide bonds. The fraction of sp³-hybridized carbons (Fsp3) is 0.800. The molecule has 20 heavy (non-hydrogen) atoms. The number of thiazole rings is 1. The van der Waals surface area contributed by atoms with Crippen LogP contribution < -0.4 is 10.2 Å². The lowest BCUT2D eigenvalue weighted by Gasteiger charge is -2.15. The van der Waals surface area contributed by atoms with E-state index >= 15 is 0 Å². The van der Waals surface area contributed by atoms with Crippen LogP contribution in [0.1, 0.15) is 37.3 Å². The van der Waals surface area contributed by atoms with Gasteiger partial charge in [-0.1, -0.05) is 13.8 Å². The smallest absolute Gasteiger partial charge is 0.185 e. The molecular weight excluding hydrogens is 270 g/mol. The standard InChI is InChI=1S/C15H27N3OS/c1-4-13-14(10-16-5-2)20-15(17-13)18(3)8-9-19-11-12-6-7-12/h12,16H,4-11H2,1-3H3. The minimum absolute atomic E-state index is 0.802. The Morgan fingerprint density at radius 2 is 2.20 bits per heavy atom. The third-order valence-corrected chi connectivity index (χ3v) is 4.80. The highest BCUT2D eigenvalue weighted by molar-refractivity contribution is 7.15. The zero-order valence-electron chi connectivity index (χ0n) is 12.9. The number of ether oxygens (including phenoxy) is 1. The number of hydrogen-bond donors (Lipinski definition) is 1. The van der Waals surface area contributed by atoms with Crippen LogP contribution in [0.2, 0.25) is 0 Å². The Morgan fingerprint density at radius 1 is 1.40 bits per heavy atom. The Labute approximate surface area is 126 Å². The summed E-state index contributed by atoms with van der Waals surface area (Å²) in [6.07, 6.45) is 3.72. The van der Waals surface area contributed by atoms with Crippen LogP contribution in [0.15, 0.2) is 0 Å². The molecule has 1 aromatic heterocycles. The topological polar surface area (TPSA) is 37.4 Å². The van der Waals surface area contributed by atoms with E-state index in [9.17, 15) is 0 Å². The number of anilines is 1. The first-order chi connectivity index (χ1) is 9.74. The number of rotatable bonds is 10. The maximum atomic E-state index is 5.70. The van der Waals surface area contributed by atoms with Crippen LogP contribution in [0.3, 0.4) is 0 Å². The fourth-order valence-electron chi connectivity index (χ4n) is 2.02. The van der Waals surface area contributed by atoms with Gasteiger partial charge < -0.3 is 15.0 Å². The first kappa shape index (κ1) is 15.7. The molecule has 1 heterocycles. The van der Waals surface area contributed by atoms with Gasteiger partial charge in [-0.15, -0.1) is 11.3 Å². The van der Waals surface area contributed by atoms with E-state index in [1.807, 2.05) is 0 Å². The van der Waals surface area contributed by atoms with E-state index in [1.165, 1.54) is 23.4 Å². The molecule has 114 valence electrons. The second-order valence-electron chi connectivity index (χ2n) is 5.44. The molecule has 0 spiro atoms. The van der Waals surface area contributed by atoms with Crippen LogP contribution in [-0.2, 0) is 17.7 Å². The van der Waals surface area contributed by atoms with Gasteiger partial charge in [0.25, 0.3) is 0 Å². The Kier molecular flexibility index (Phi) is 6.26. The van der Waals surface area contributed by atoms with Crippen molar-refractivity contribution in [1.29, 1.82) is 0 Å². The van der Waals surface area contributed by atoms with E-state index in [1.54, 1.807) is 11.3 Å². The summed E-state index contributed by atoms with van der Waals surface area (Å²) >= 11 is 1.81. The molecule has 0 radical (unpaired) electrons. The minimum atomic E-state index is 0.802. The third kappa shape index (κ3) is 4.72. The number of aromatic nitrogens is 1. The maximum absolute atomic E-state index is 5.70. The van der Waals surface area contributed by atoms with Crippen molar-refractivity contribution in [1.82, 2.24) is 10.3 Å². The van der Waals surface area contributed by atoms with Gasteiger partial charge in [0.05, 0.1) is 12.3 Å². The molecule has 1 N–H and O–H groups in total. The Bertz CT molecular complexity index is 404. The van der Waals surface area contributed by atoms with Crippen molar-refractivity contribution in [2.75, 3.05) is 38.3 Å². The average Bonchev–Trinajstić information content (AvgIpc) is 3.19. The van der Waals surface area contributed by atoms with Crippen molar-refractivity contribution in [2.45, 2.75) is 39.7 Å². The van der Waals surface area contributed by atoms with Gasteiger partial charge >= 0.3 is 0 Å². The molecule has 0 aromatic carbocycles. The van der Waals surface area contributed by atoms with Crippen molar-refractivity contribution in [2.24, 2.45) is 5.92 Å². The van der Waals surface area contributed by atoms with Crippen molar-refractivity contribution in [3.8, 4) is 0 Å². The average molecular weight is 297 g/mol. The van der Waals surface area contributed by atoms with E-state index in [2.05, 4.69) is 31.1 Å². The molecule has 2 rings (SSSR count). The zero-order valence-corrected chi connectivity index (χ0v) is 13.8. The Morgan fingerprint density at radius 3 is 2.85 bits per heavy atom. The summed E-state index contributed by atoms with van der Waals surface area (Å²) in [4.78, 5) is 8.34. The molecule has 5 heteroatoms. The van der Waals surface area contributed by atoms with Crippen LogP contribution in [0, 0.1) is 5.92 Å². The summed E-state index contributed by atoms with van der Waals surface area (Å²) in [6.45, 7) is 8.91. The second-order valence-corrected chi connectivity index (χ2v) is 6.50. The lowest BCUT2D eigenvalue weighted by molar-refractivity contribution is 0.131. The maximum Gasteiger partial charge on any atom is 0.185 e. The SMILES string of the molecule is CCNCc1sc(N(C)CCOCC2CC2)nc1CC. The van der Waals surface area contributed by atoms with Crippen LogP contribution in [0.25, 0.3) is 0 Å². The minimum Gasteiger partial charge on any atom is -0.379 e. The highest BCUT2D eigenvalue weighted by atomic mass is 32.1. The Balaban J connectivity index is 1.80. The Hall–Kier alpha value is -0.650. The summed E-state index contributed by atoms with van der Waals surface area (Å²) in [5, 5.41) is 4.51. The monoisotopic (exact) mass is 297 g/mol. The summed E-state index contributed by atoms with van der Waals surface area (Å²) < 4.78 is 5.70. The number of nitrogens with one attached hydrogen (secondary N) is 1. The van der Waals surface area contributed by atoms with Crippen LogP contribution in [0.4, 0.5) is 5.13 Å². The van der Waals surface area contributed by atoms with E-state index in [0.29, 0.717) is 0 Å².